The molecule has 27 heavy (non-hydrogen) atoms. The number of hydrogen-bond donors (Lipinski definition) is 1. The molecule has 3 rings (SSSR count). The molecule has 0 fully saturated rings. The zero-order valence-corrected chi connectivity index (χ0v) is 15.6. The number of anilines is 1. The highest BCUT2D eigenvalue weighted by Gasteiger charge is 2.18. The summed E-state index contributed by atoms with van der Waals surface area (Å²) >= 11 is 6.12. The monoisotopic (exact) mass is 383 g/mol. The van der Waals surface area contributed by atoms with E-state index in [1.807, 2.05) is 42.5 Å². The van der Waals surface area contributed by atoms with E-state index in [0.29, 0.717) is 22.0 Å². The smallest absolute Gasteiger partial charge is 0.337 e. The van der Waals surface area contributed by atoms with Gasteiger partial charge >= 0.3 is 5.97 Å². The van der Waals surface area contributed by atoms with Crippen LogP contribution in [0.15, 0.2) is 60.7 Å². The molecular weight excluding hydrogens is 366 g/mol. The van der Waals surface area contributed by atoms with Crippen LogP contribution >= 0.6 is 11.6 Å². The van der Waals surface area contributed by atoms with Crippen LogP contribution in [0.3, 0.4) is 0 Å². The number of rotatable bonds is 5. The van der Waals surface area contributed by atoms with Gasteiger partial charge in [-0.1, -0.05) is 48.0 Å². The molecule has 6 heteroatoms. The summed E-state index contributed by atoms with van der Waals surface area (Å²) in [5, 5.41) is 4.95. The van der Waals surface area contributed by atoms with Crippen molar-refractivity contribution >= 4 is 39.9 Å². The van der Waals surface area contributed by atoms with Crippen molar-refractivity contribution in [2.24, 2.45) is 0 Å². The summed E-state index contributed by atoms with van der Waals surface area (Å²) in [4.78, 5) is 24.2. The lowest BCUT2D eigenvalue weighted by molar-refractivity contribution is -0.122. The number of carbonyl (C=O) groups excluding carboxylic acids is 2. The third-order valence-electron chi connectivity index (χ3n) is 4.07. The topological polar surface area (TPSA) is 64.6 Å². The molecule has 0 bridgehead atoms. The molecule has 0 saturated carbocycles. The van der Waals surface area contributed by atoms with Crippen molar-refractivity contribution in [3.8, 4) is 5.75 Å². The molecule has 0 aromatic heterocycles. The molecule has 0 unspecified atom stereocenters. The van der Waals surface area contributed by atoms with E-state index in [9.17, 15) is 9.59 Å². The largest absolute Gasteiger partial charge is 0.480 e. The number of fused-ring (bicyclic) bond motifs is 1. The minimum Gasteiger partial charge on any atom is -0.480 e. The SMILES string of the molecule is COC(=O)c1ccc(Cl)c(NC(=O)[C@@H](C)Oc2cccc3ccccc23)c1. The first kappa shape index (κ1) is 18.7. The summed E-state index contributed by atoms with van der Waals surface area (Å²) in [5.41, 5.74) is 0.609. The second-order valence-electron chi connectivity index (χ2n) is 5.91. The van der Waals surface area contributed by atoms with Crippen molar-refractivity contribution in [3.05, 3.63) is 71.2 Å². The molecule has 0 aliphatic carbocycles. The average Bonchev–Trinajstić information content (AvgIpc) is 2.69. The van der Waals surface area contributed by atoms with Gasteiger partial charge < -0.3 is 14.8 Å². The second kappa shape index (κ2) is 8.10. The molecule has 1 N–H and O–H groups in total. The molecule has 0 spiro atoms. The fourth-order valence-corrected chi connectivity index (χ4v) is 2.81. The molecule has 0 radical (unpaired) electrons. The van der Waals surface area contributed by atoms with Crippen LogP contribution in [0, 0.1) is 0 Å². The van der Waals surface area contributed by atoms with Crippen molar-refractivity contribution in [2.45, 2.75) is 13.0 Å². The van der Waals surface area contributed by atoms with Crippen molar-refractivity contribution in [1.82, 2.24) is 0 Å². The third-order valence-corrected chi connectivity index (χ3v) is 4.40. The summed E-state index contributed by atoms with van der Waals surface area (Å²) in [5.74, 6) is -0.278. The Hall–Kier alpha value is -3.05. The van der Waals surface area contributed by atoms with E-state index in [1.165, 1.54) is 25.3 Å². The van der Waals surface area contributed by atoms with Crippen LogP contribution in [-0.4, -0.2) is 25.1 Å². The van der Waals surface area contributed by atoms with Gasteiger partial charge in [0, 0.05) is 5.39 Å². The molecule has 0 heterocycles. The molecule has 3 aromatic rings. The van der Waals surface area contributed by atoms with Gasteiger partial charge in [0.15, 0.2) is 6.10 Å². The maximum Gasteiger partial charge on any atom is 0.337 e. The predicted molar refractivity (Wildman–Crippen MR) is 105 cm³/mol. The Labute approximate surface area is 161 Å². The Bertz CT molecular complexity index is 997. The van der Waals surface area contributed by atoms with Crippen molar-refractivity contribution < 1.29 is 19.1 Å². The molecule has 1 amide bonds. The van der Waals surface area contributed by atoms with Crippen LogP contribution in [0.2, 0.25) is 5.02 Å². The first-order chi connectivity index (χ1) is 13.0. The molecule has 3 aromatic carbocycles. The molecule has 0 saturated heterocycles. The van der Waals surface area contributed by atoms with E-state index in [1.54, 1.807) is 6.92 Å². The van der Waals surface area contributed by atoms with Crippen molar-refractivity contribution in [1.29, 1.82) is 0 Å². The number of methoxy groups -OCH3 is 1. The number of ether oxygens (including phenoxy) is 2. The lowest BCUT2D eigenvalue weighted by Gasteiger charge is -2.17. The number of halogens is 1. The Morgan fingerprint density at radius 1 is 1.04 bits per heavy atom. The third kappa shape index (κ3) is 4.20. The molecular formula is C21H18ClNO4. The summed E-state index contributed by atoms with van der Waals surface area (Å²) < 4.78 is 10.5. The zero-order valence-electron chi connectivity index (χ0n) is 14.9. The fourth-order valence-electron chi connectivity index (χ4n) is 2.64. The van der Waals surface area contributed by atoms with E-state index < -0.39 is 12.1 Å². The number of amides is 1. The lowest BCUT2D eigenvalue weighted by atomic mass is 10.1. The summed E-state index contributed by atoms with van der Waals surface area (Å²) in [7, 11) is 1.29. The first-order valence-electron chi connectivity index (χ1n) is 8.32. The normalized spacial score (nSPS) is 11.7. The van der Waals surface area contributed by atoms with Gasteiger partial charge in [0.05, 0.1) is 23.4 Å². The fraction of sp³-hybridized carbons (Fsp3) is 0.143. The molecule has 0 aliphatic rings. The van der Waals surface area contributed by atoms with Crippen LogP contribution in [0.4, 0.5) is 5.69 Å². The van der Waals surface area contributed by atoms with E-state index in [4.69, 9.17) is 16.3 Å². The Kier molecular flexibility index (Phi) is 5.62. The lowest BCUT2D eigenvalue weighted by Crippen LogP contribution is -2.30. The maximum atomic E-state index is 12.5. The molecule has 138 valence electrons. The Morgan fingerprint density at radius 3 is 2.56 bits per heavy atom. The van der Waals surface area contributed by atoms with E-state index in [-0.39, 0.29) is 5.91 Å². The predicted octanol–water partition coefficient (Wildman–Crippen LogP) is 4.69. The standard InChI is InChI=1S/C21H18ClNO4/c1-13(27-19-9-5-7-14-6-3-4-8-16(14)19)20(24)23-18-12-15(21(25)26-2)10-11-17(18)22/h3-13H,1-2H3,(H,23,24)/t13-/m1/s1. The Morgan fingerprint density at radius 2 is 1.78 bits per heavy atom. The van der Waals surface area contributed by atoms with Crippen LogP contribution in [0.25, 0.3) is 10.8 Å². The number of esters is 1. The summed E-state index contributed by atoms with van der Waals surface area (Å²) in [6.45, 7) is 1.65. The van der Waals surface area contributed by atoms with Crippen LogP contribution in [0.5, 0.6) is 5.75 Å². The summed E-state index contributed by atoms with van der Waals surface area (Å²) in [6, 6.07) is 18.0. The van der Waals surface area contributed by atoms with E-state index in [2.05, 4.69) is 10.1 Å². The van der Waals surface area contributed by atoms with E-state index >= 15 is 0 Å². The van der Waals surface area contributed by atoms with Crippen LogP contribution in [-0.2, 0) is 9.53 Å². The molecule has 1 atom stereocenters. The highest BCUT2D eigenvalue weighted by Crippen LogP contribution is 2.27. The molecule has 5 nitrogen and oxygen atoms in total. The first-order valence-corrected chi connectivity index (χ1v) is 8.70. The average molecular weight is 384 g/mol. The number of carbonyl (C=O) groups is 2. The minimum atomic E-state index is -0.770. The van der Waals surface area contributed by atoms with E-state index in [0.717, 1.165) is 10.8 Å². The highest BCUT2D eigenvalue weighted by molar-refractivity contribution is 6.34. The second-order valence-corrected chi connectivity index (χ2v) is 6.32. The Balaban J connectivity index is 1.77. The van der Waals surface area contributed by atoms with Crippen molar-refractivity contribution in [2.75, 3.05) is 12.4 Å². The van der Waals surface area contributed by atoms with Gasteiger partial charge in [-0.3, -0.25) is 4.79 Å². The minimum absolute atomic E-state index is 0.292. The van der Waals surface area contributed by atoms with Gasteiger partial charge in [0.25, 0.3) is 5.91 Å². The van der Waals surface area contributed by atoms with Gasteiger partial charge in [-0.2, -0.15) is 0 Å². The zero-order chi connectivity index (χ0) is 19.4. The number of benzene rings is 3. The summed E-state index contributed by atoms with van der Waals surface area (Å²) in [6.07, 6.45) is -0.770. The maximum absolute atomic E-state index is 12.5. The van der Waals surface area contributed by atoms with Crippen LogP contribution < -0.4 is 10.1 Å². The number of nitrogens with one attached hydrogen (secondary N) is 1. The highest BCUT2D eigenvalue weighted by atomic mass is 35.5. The van der Waals surface area contributed by atoms with Gasteiger partial charge in [0.1, 0.15) is 5.75 Å². The van der Waals surface area contributed by atoms with Crippen LogP contribution in [0.1, 0.15) is 17.3 Å². The van der Waals surface area contributed by atoms with Gasteiger partial charge in [-0.15, -0.1) is 0 Å². The molecule has 0 aliphatic heterocycles. The van der Waals surface area contributed by atoms with Crippen molar-refractivity contribution in [3.63, 3.8) is 0 Å². The van der Waals surface area contributed by atoms with Gasteiger partial charge in [-0.05, 0) is 36.6 Å². The quantitative estimate of drug-likeness (QED) is 0.649. The number of hydrogen-bond acceptors (Lipinski definition) is 4. The van der Waals surface area contributed by atoms with Gasteiger partial charge in [-0.25, -0.2) is 4.79 Å². The van der Waals surface area contributed by atoms with Gasteiger partial charge in [0.2, 0.25) is 0 Å².